The molecule has 0 amide bonds. The van der Waals surface area contributed by atoms with Crippen LogP contribution < -0.4 is 10.2 Å². The molecule has 0 saturated heterocycles. The summed E-state index contributed by atoms with van der Waals surface area (Å²) in [4.78, 5) is 3.67. The number of nitrogens with one attached hydrogen (secondary N) is 1. The normalized spacial score (nSPS) is 12.4. The molecule has 0 aliphatic rings. The Hall–Kier alpha value is -1.32. The van der Waals surface area contributed by atoms with Gasteiger partial charge in [0.15, 0.2) is 0 Å². The van der Waals surface area contributed by atoms with Gasteiger partial charge in [0.1, 0.15) is 0 Å². The zero-order valence-corrected chi connectivity index (χ0v) is 12.0. The van der Waals surface area contributed by atoms with Gasteiger partial charge in [0.05, 0.1) is 6.54 Å². The number of hydrogen-bond donors (Lipinski definition) is 1. The summed E-state index contributed by atoms with van der Waals surface area (Å²) in [6.45, 7) is 3.14. The van der Waals surface area contributed by atoms with Crippen LogP contribution in [0.1, 0.15) is 23.4 Å². The second-order valence-electron chi connectivity index (χ2n) is 4.54. The first-order valence-corrected chi connectivity index (χ1v) is 7.09. The summed E-state index contributed by atoms with van der Waals surface area (Å²) < 4.78 is 0. The van der Waals surface area contributed by atoms with Crippen LogP contribution in [0.3, 0.4) is 0 Å². The summed E-state index contributed by atoms with van der Waals surface area (Å²) in [5.41, 5.74) is 2.58. The van der Waals surface area contributed by atoms with Gasteiger partial charge in [-0.05, 0) is 43.1 Å². The summed E-state index contributed by atoms with van der Waals surface area (Å²) in [6.07, 6.45) is 0. The number of anilines is 1. The van der Waals surface area contributed by atoms with Crippen LogP contribution in [-0.2, 0) is 6.54 Å². The fourth-order valence-corrected chi connectivity index (χ4v) is 2.67. The molecule has 1 atom stereocenters. The Balaban J connectivity index is 2.04. The van der Waals surface area contributed by atoms with Crippen LogP contribution in [0.5, 0.6) is 0 Å². The maximum absolute atomic E-state index is 3.25. The van der Waals surface area contributed by atoms with E-state index in [4.69, 9.17) is 0 Å². The number of thiophene rings is 1. The minimum Gasteiger partial charge on any atom is -0.369 e. The highest BCUT2D eigenvalue weighted by atomic mass is 32.1. The van der Waals surface area contributed by atoms with Crippen LogP contribution >= 0.6 is 11.3 Å². The lowest BCUT2D eigenvalue weighted by Crippen LogP contribution is -2.16. The molecule has 96 valence electrons. The van der Waals surface area contributed by atoms with E-state index in [1.807, 2.05) is 7.05 Å². The summed E-state index contributed by atoms with van der Waals surface area (Å²) in [5, 5.41) is 5.38. The molecule has 1 aromatic carbocycles. The van der Waals surface area contributed by atoms with Crippen molar-refractivity contribution in [1.82, 2.24) is 5.32 Å². The smallest absolute Gasteiger partial charge is 0.0519 e. The van der Waals surface area contributed by atoms with Crippen LogP contribution in [0.4, 0.5) is 5.69 Å². The molecule has 0 saturated carbocycles. The molecule has 1 unspecified atom stereocenters. The Morgan fingerprint density at radius 2 is 1.94 bits per heavy atom. The molecule has 3 heteroatoms. The fourth-order valence-electron chi connectivity index (χ4n) is 1.91. The maximum Gasteiger partial charge on any atom is 0.0519 e. The third-order valence-electron chi connectivity index (χ3n) is 3.24. The number of hydrogen-bond acceptors (Lipinski definition) is 3. The van der Waals surface area contributed by atoms with Gasteiger partial charge in [0, 0.05) is 23.7 Å². The summed E-state index contributed by atoms with van der Waals surface area (Å²) in [6, 6.07) is 13.5. The van der Waals surface area contributed by atoms with E-state index >= 15 is 0 Å². The minimum atomic E-state index is 0.404. The van der Waals surface area contributed by atoms with E-state index in [1.165, 1.54) is 16.1 Å². The van der Waals surface area contributed by atoms with Crippen molar-refractivity contribution in [3.8, 4) is 0 Å². The lowest BCUT2D eigenvalue weighted by Gasteiger charge is -2.19. The highest BCUT2D eigenvalue weighted by molar-refractivity contribution is 7.09. The summed E-state index contributed by atoms with van der Waals surface area (Å²) in [7, 11) is 4.12. The first kappa shape index (κ1) is 13.1. The van der Waals surface area contributed by atoms with Crippen LogP contribution in [-0.4, -0.2) is 14.1 Å². The lowest BCUT2D eigenvalue weighted by atomic mass is 10.1. The van der Waals surface area contributed by atoms with Gasteiger partial charge in [-0.1, -0.05) is 18.2 Å². The van der Waals surface area contributed by atoms with E-state index in [0.29, 0.717) is 6.04 Å². The molecule has 0 bridgehead atoms. The van der Waals surface area contributed by atoms with Gasteiger partial charge < -0.3 is 10.2 Å². The first-order chi connectivity index (χ1) is 8.70. The van der Waals surface area contributed by atoms with Gasteiger partial charge in [0.25, 0.3) is 0 Å². The standard InChI is InChI=1S/C15H20N2S/c1-12(16-2)13-6-8-14(9-7-13)17(3)11-15-5-4-10-18-15/h4-10,12,16H,11H2,1-3H3. The Kier molecular flexibility index (Phi) is 4.39. The highest BCUT2D eigenvalue weighted by Crippen LogP contribution is 2.20. The van der Waals surface area contributed by atoms with Crippen LogP contribution in [0.25, 0.3) is 0 Å². The number of nitrogens with zero attached hydrogens (tertiary/aromatic N) is 1. The van der Waals surface area contributed by atoms with Gasteiger partial charge >= 0.3 is 0 Å². The van der Waals surface area contributed by atoms with Crippen molar-refractivity contribution in [2.75, 3.05) is 19.0 Å². The molecule has 18 heavy (non-hydrogen) atoms. The quantitative estimate of drug-likeness (QED) is 0.882. The molecule has 0 spiro atoms. The van der Waals surface area contributed by atoms with E-state index in [9.17, 15) is 0 Å². The van der Waals surface area contributed by atoms with E-state index in [1.54, 1.807) is 11.3 Å². The monoisotopic (exact) mass is 260 g/mol. The van der Waals surface area contributed by atoms with Crippen molar-refractivity contribution in [1.29, 1.82) is 0 Å². The van der Waals surface area contributed by atoms with Crippen LogP contribution in [0.2, 0.25) is 0 Å². The van der Waals surface area contributed by atoms with Gasteiger partial charge in [-0.2, -0.15) is 0 Å². The predicted molar refractivity (Wildman–Crippen MR) is 80.3 cm³/mol. The molecule has 1 heterocycles. The molecule has 0 fully saturated rings. The third-order valence-corrected chi connectivity index (χ3v) is 4.10. The van der Waals surface area contributed by atoms with Crippen LogP contribution in [0, 0.1) is 0 Å². The molecular formula is C15H20N2S. The van der Waals surface area contributed by atoms with E-state index in [-0.39, 0.29) is 0 Å². The SMILES string of the molecule is CNC(C)c1ccc(N(C)Cc2cccs2)cc1. The van der Waals surface area contributed by atoms with E-state index < -0.39 is 0 Å². The van der Waals surface area contributed by atoms with Gasteiger partial charge in [-0.3, -0.25) is 0 Å². The van der Waals surface area contributed by atoms with Crippen molar-refractivity contribution < 1.29 is 0 Å². The largest absolute Gasteiger partial charge is 0.369 e. The Morgan fingerprint density at radius 3 is 2.50 bits per heavy atom. The zero-order chi connectivity index (χ0) is 13.0. The highest BCUT2D eigenvalue weighted by Gasteiger charge is 2.05. The van der Waals surface area contributed by atoms with E-state index in [0.717, 1.165) is 6.54 Å². The second-order valence-corrected chi connectivity index (χ2v) is 5.57. The van der Waals surface area contributed by atoms with E-state index in [2.05, 4.69) is 66.0 Å². The average molecular weight is 260 g/mol. The molecule has 2 aromatic rings. The maximum atomic E-state index is 3.25. The Morgan fingerprint density at radius 1 is 1.22 bits per heavy atom. The molecule has 0 aliphatic carbocycles. The predicted octanol–water partition coefficient (Wildman–Crippen LogP) is 3.66. The Bertz CT molecular complexity index is 462. The molecule has 0 radical (unpaired) electrons. The topological polar surface area (TPSA) is 15.3 Å². The Labute approximate surface area is 113 Å². The van der Waals surface area contributed by atoms with Gasteiger partial charge in [0.2, 0.25) is 0 Å². The fraction of sp³-hybridized carbons (Fsp3) is 0.333. The van der Waals surface area contributed by atoms with Crippen molar-refractivity contribution >= 4 is 17.0 Å². The van der Waals surface area contributed by atoms with Crippen LogP contribution in [0.15, 0.2) is 41.8 Å². The molecular weight excluding hydrogens is 240 g/mol. The van der Waals surface area contributed by atoms with Gasteiger partial charge in [-0.15, -0.1) is 11.3 Å². The number of benzene rings is 1. The number of rotatable bonds is 5. The molecule has 0 aliphatic heterocycles. The second kappa shape index (κ2) is 6.03. The molecule has 1 aromatic heterocycles. The summed E-state index contributed by atoms with van der Waals surface area (Å²) >= 11 is 1.81. The van der Waals surface area contributed by atoms with Gasteiger partial charge in [-0.25, -0.2) is 0 Å². The minimum absolute atomic E-state index is 0.404. The third kappa shape index (κ3) is 3.12. The lowest BCUT2D eigenvalue weighted by molar-refractivity contribution is 0.652. The first-order valence-electron chi connectivity index (χ1n) is 6.21. The summed E-state index contributed by atoms with van der Waals surface area (Å²) in [5.74, 6) is 0. The molecule has 2 nitrogen and oxygen atoms in total. The van der Waals surface area contributed by atoms with Crippen molar-refractivity contribution in [2.45, 2.75) is 19.5 Å². The van der Waals surface area contributed by atoms with Crippen molar-refractivity contribution in [3.63, 3.8) is 0 Å². The zero-order valence-electron chi connectivity index (χ0n) is 11.2. The van der Waals surface area contributed by atoms with Crippen molar-refractivity contribution in [3.05, 3.63) is 52.2 Å². The molecule has 2 rings (SSSR count). The average Bonchev–Trinajstić information content (AvgIpc) is 2.91. The van der Waals surface area contributed by atoms with Crippen molar-refractivity contribution in [2.24, 2.45) is 0 Å². The molecule has 1 N–H and O–H groups in total.